The first kappa shape index (κ1) is 112. The molecule has 12 heterocycles. The molecule has 5 aromatic heterocycles. The molecule has 0 radical (unpaired) electrons. The van der Waals surface area contributed by atoms with E-state index in [1.807, 2.05) is 20.8 Å². The van der Waals surface area contributed by atoms with Crippen LogP contribution in [-0.4, -0.2) is 274 Å². The van der Waals surface area contributed by atoms with E-state index in [0.29, 0.717) is 180 Å². The number of amides is 12. The predicted molar refractivity (Wildman–Crippen MR) is 570 cm³/mol. The number of H-pyrrole nitrogens is 1. The van der Waals surface area contributed by atoms with Crippen molar-refractivity contribution in [3.8, 4) is 46.0 Å². The minimum atomic E-state index is -0.439. The van der Waals surface area contributed by atoms with Gasteiger partial charge in [0.1, 0.15) is 109 Å². The molecule has 1 saturated carbocycles. The second kappa shape index (κ2) is 50.2. The molecule has 4 aromatic carbocycles. The number of carbonyl (C=O) groups is 8. The molecule has 6 unspecified atom stereocenters. The fourth-order valence-corrected chi connectivity index (χ4v) is 20.3. The maximum Gasteiger partial charge on any atom is 0.330 e. The summed E-state index contributed by atoms with van der Waals surface area (Å²) in [5.41, 5.74) is 4.46. The van der Waals surface area contributed by atoms with Gasteiger partial charge in [0.25, 0.3) is 0 Å². The number of fused-ring (bicyclic) bond motifs is 4. The fraction of sp³-hybridized carbons (Fsp3) is 0.392. The Bertz CT molecular complexity index is 6500. The number of rotatable bonds is 33. The summed E-state index contributed by atoms with van der Waals surface area (Å²) in [5.74, 6) is 4.62. The number of urea groups is 4. The SMILES string of the molecule is C=CC(=O)N(C)C1COCC1Nc1ncc2c(n1)N(C)C(=O)N(c1c(Cl)c(OC)cc(OC)c1Cl)C2.C=CC(=O)NC1COCC1Nc1ncc2c(n1)N(CC)C(=O)N(c1c(Cl)c(OC)cc(OC)c1Cl)C2.C=CC(=O)NC1COCC1Nc1ncc2c(n1)N(Cc1ccn[nH]1)C(=O)N(c1c(Cl)c(OC)cc(OC)c1Cl)C2.C=CC(=O)N[C@H]1CCCC[C@H]1Nc1ncc2c(n1)N(C)C(=O)N(c1c(Cl)c(OCC)cc(OCC)c1Cl)C2. The molecule has 150 heavy (non-hydrogen) atoms. The van der Waals surface area contributed by atoms with E-state index in [4.69, 9.17) is 145 Å². The van der Waals surface area contributed by atoms with E-state index in [2.05, 4.69) is 114 Å². The van der Waals surface area contributed by atoms with Crippen molar-refractivity contribution in [2.24, 2.45) is 0 Å². The largest absolute Gasteiger partial charge is 0.495 e. The Morgan fingerprint density at radius 3 is 1.09 bits per heavy atom. The van der Waals surface area contributed by atoms with Gasteiger partial charge in [0.05, 0.1) is 193 Å². The number of hydrogen-bond donors (Lipinski definition) is 8. The lowest BCUT2D eigenvalue weighted by Crippen LogP contribution is -2.48. The van der Waals surface area contributed by atoms with Gasteiger partial charge >= 0.3 is 24.1 Å². The Morgan fingerprint density at radius 1 is 0.420 bits per heavy atom. The first-order valence-electron chi connectivity index (χ1n) is 46.9. The van der Waals surface area contributed by atoms with Crippen LogP contribution in [0, 0.1) is 0 Å². The van der Waals surface area contributed by atoms with Crippen LogP contribution in [0.15, 0.2) is 112 Å². The Hall–Kier alpha value is -13.9. The second-order valence-electron chi connectivity index (χ2n) is 34.2. The van der Waals surface area contributed by atoms with Gasteiger partial charge in [-0.2, -0.15) is 25.0 Å². The Labute approximate surface area is 903 Å². The number of nitrogens with zero attached hydrogens (tertiary/aromatic N) is 18. The molecule has 17 rings (SSSR count). The van der Waals surface area contributed by atoms with Crippen LogP contribution in [0.1, 0.15) is 74.4 Å². The summed E-state index contributed by atoms with van der Waals surface area (Å²) < 4.78 is 60.1. The van der Waals surface area contributed by atoms with Crippen LogP contribution in [0.4, 0.5) is 89.0 Å². The lowest BCUT2D eigenvalue weighted by molar-refractivity contribution is -0.127. The van der Waals surface area contributed by atoms with Crippen LogP contribution in [0.25, 0.3) is 0 Å². The number of hydrogen-bond acceptors (Lipinski definition) is 32. The standard InChI is InChI=1S/C26H32Cl2N6O4.C25H26Cl2N8O5.2C23H26Cl2N6O5/c1-5-20(35)30-16-10-8-9-11-17(16)31-25-29-13-15-14-34(26(36)33(4)24(15)32-25)23-21(27)18(37-6-2)12-19(22(23)28)38-7-3;1-4-19(36)30-15-11-40-12-16(15)31-24-28-8-13-9-34(22-20(26)17(38-2)7-18(39-3)21(22)27)25(37)35(23(13)32-24)10-14-5-6-29-33-14;1-6-17(32)29(2)14-11-36-10-13(14)27-22-26-8-12-9-31(23(33)30(3)21(12)28-22)20-18(24)15(34-4)7-16(35-5)19(20)25;1-5-17(32)27-13-10-36-11-14(13)28-22-26-8-12-9-31(23(33)30(6-2)21(12)29-22)20-18(24)15(34-3)7-16(35-4)19(20)25/h5,12-13,16-17H,1,6-11,14H2,2-4H3,(H,30,35)(H,29,31,32);4-8,15-16H,1,9-12H2,2-3H3,(H,29,33)(H,30,36)(H,28,31,32);6-8,13-14H,1,9-11H2,2-5H3,(H,26,27,28);5,7-8,13-14H,1,6,9-11H2,2-4H3,(H,27,32)(H,26,28,29)/t16-,17+;;;/m0.../s1. The fourth-order valence-electron chi connectivity index (χ4n) is 17.6. The first-order chi connectivity index (χ1) is 72.1. The maximum absolute atomic E-state index is 14.0. The van der Waals surface area contributed by atoms with Crippen molar-refractivity contribution < 1.29 is 90.5 Å². The number of anilines is 12. The van der Waals surface area contributed by atoms with Gasteiger partial charge in [-0.3, -0.25) is 63.5 Å². The molecule has 53 heteroatoms. The van der Waals surface area contributed by atoms with Crippen molar-refractivity contribution in [3.05, 3.63) is 180 Å². The van der Waals surface area contributed by atoms with Crippen molar-refractivity contribution >= 4 is 210 Å². The van der Waals surface area contributed by atoms with Crippen LogP contribution in [-0.2, 0) is 66.1 Å². The highest BCUT2D eigenvalue weighted by Gasteiger charge is 2.45. The third kappa shape index (κ3) is 24.1. The van der Waals surface area contributed by atoms with E-state index in [0.717, 1.165) is 25.7 Å². The van der Waals surface area contributed by atoms with E-state index in [-0.39, 0.29) is 180 Å². The molecule has 8 N–H and O–H groups in total. The van der Waals surface area contributed by atoms with Gasteiger partial charge in [0, 0.05) is 117 Å². The zero-order valence-corrected chi connectivity index (χ0v) is 89.6. The monoisotopic (exact) mass is 2220 g/mol. The highest BCUT2D eigenvalue weighted by Crippen LogP contribution is 2.54. The number of methoxy groups -OCH3 is 6. The zero-order valence-electron chi connectivity index (χ0n) is 83.6. The molecular formula is C97H110Cl8N26O19. The van der Waals surface area contributed by atoms with Gasteiger partial charge in [0.15, 0.2) is 0 Å². The number of benzene rings is 4. The van der Waals surface area contributed by atoms with Crippen molar-refractivity contribution in [2.45, 2.75) is 128 Å². The van der Waals surface area contributed by atoms with Gasteiger partial charge in [-0.05, 0) is 64.0 Å². The maximum atomic E-state index is 14.0. The summed E-state index contributed by atoms with van der Waals surface area (Å²) in [7, 11) is 13.7. The third-order valence-electron chi connectivity index (χ3n) is 25.2. The Balaban J connectivity index is 0.000000158. The van der Waals surface area contributed by atoms with Crippen LogP contribution in [0.5, 0.6) is 46.0 Å². The van der Waals surface area contributed by atoms with Crippen LogP contribution < -0.4 is 114 Å². The topological polar surface area (TPSA) is 483 Å². The number of carbonyl (C=O) groups excluding carboxylic acids is 8. The summed E-state index contributed by atoms with van der Waals surface area (Å²) in [6.45, 7) is 23.4. The molecule has 8 aliphatic rings. The summed E-state index contributed by atoms with van der Waals surface area (Å²) in [5, 5.41) is 30.0. The predicted octanol–water partition coefficient (Wildman–Crippen LogP) is 14.8. The van der Waals surface area contributed by atoms with Gasteiger partial charge in [-0.25, -0.2) is 39.1 Å². The molecular weight excluding hydrogens is 2120 g/mol. The molecule has 4 fully saturated rings. The van der Waals surface area contributed by atoms with Crippen molar-refractivity contribution in [1.82, 2.24) is 70.9 Å². The molecule has 3 saturated heterocycles. The molecule has 45 nitrogen and oxygen atoms in total. The molecule has 7 aliphatic heterocycles. The molecule has 8 atom stereocenters. The third-order valence-corrected chi connectivity index (χ3v) is 28.1. The average Bonchev–Trinajstić information content (AvgIpc) is 0.884. The van der Waals surface area contributed by atoms with Gasteiger partial charge < -0.3 is 94.2 Å². The molecule has 798 valence electrons. The van der Waals surface area contributed by atoms with Crippen LogP contribution in [0.3, 0.4) is 0 Å². The van der Waals surface area contributed by atoms with E-state index < -0.39 is 12.1 Å². The van der Waals surface area contributed by atoms with Crippen molar-refractivity contribution in [1.29, 1.82) is 0 Å². The van der Waals surface area contributed by atoms with Crippen molar-refractivity contribution in [3.63, 3.8) is 0 Å². The molecule has 9 aromatic rings. The molecule has 0 spiro atoms. The van der Waals surface area contributed by atoms with Gasteiger partial charge in [-0.15, -0.1) is 0 Å². The number of nitrogens with one attached hydrogen (secondary N) is 8. The number of likely N-dealkylation sites (N-methyl/N-ethyl adjacent to an activating group) is 1. The molecule has 1 aliphatic carbocycles. The quantitative estimate of drug-likeness (QED) is 0.0177. The minimum absolute atomic E-state index is 0.0392. The highest BCUT2D eigenvalue weighted by molar-refractivity contribution is 6.45. The Morgan fingerprint density at radius 2 is 0.733 bits per heavy atom. The zero-order chi connectivity index (χ0) is 108. The minimum Gasteiger partial charge on any atom is -0.495 e. The number of aromatic nitrogens is 10. The summed E-state index contributed by atoms with van der Waals surface area (Å²) in [6, 6.07) is 4.79. The second-order valence-corrected chi connectivity index (χ2v) is 37.3. The summed E-state index contributed by atoms with van der Waals surface area (Å²) in [6.07, 6.45) is 16.9. The highest BCUT2D eigenvalue weighted by atomic mass is 35.5. The normalized spacial score (nSPS) is 18.9. The van der Waals surface area contributed by atoms with Crippen molar-refractivity contribution in [2.75, 3.05) is 184 Å². The van der Waals surface area contributed by atoms with E-state index in [1.54, 1.807) is 87.4 Å². The van der Waals surface area contributed by atoms with E-state index >= 15 is 0 Å². The Kier molecular flexibility index (Phi) is 37.4. The van der Waals surface area contributed by atoms with Crippen LogP contribution in [0.2, 0.25) is 40.2 Å². The number of aromatic amines is 1. The molecule has 0 bridgehead atoms. The average molecular weight is 2230 g/mol. The van der Waals surface area contributed by atoms with Gasteiger partial charge in [-0.1, -0.05) is 132 Å². The summed E-state index contributed by atoms with van der Waals surface area (Å²) in [4.78, 5) is 152. The smallest absolute Gasteiger partial charge is 0.330 e. The molecule has 12 amide bonds. The van der Waals surface area contributed by atoms with Crippen LogP contribution >= 0.6 is 92.8 Å². The van der Waals surface area contributed by atoms with Gasteiger partial charge in [0.2, 0.25) is 47.4 Å². The number of ether oxygens (including phenoxy) is 11. The first-order valence-corrected chi connectivity index (χ1v) is 49.9. The van der Waals surface area contributed by atoms with E-state index in [9.17, 15) is 38.4 Å². The lowest BCUT2D eigenvalue weighted by Gasteiger charge is -2.37. The van der Waals surface area contributed by atoms with E-state index in [1.165, 1.54) is 106 Å². The number of halogens is 8. The summed E-state index contributed by atoms with van der Waals surface area (Å²) >= 11 is 52.9. The lowest BCUT2D eigenvalue weighted by atomic mass is 9.90.